The third-order valence-electron chi connectivity index (χ3n) is 3.80. The van der Waals surface area contributed by atoms with Crippen molar-refractivity contribution in [1.29, 1.82) is 0 Å². The van der Waals surface area contributed by atoms with Crippen LogP contribution in [0, 0.1) is 6.92 Å². The minimum Gasteiger partial charge on any atom is -0.332 e. The number of hydrogen-bond donors (Lipinski definition) is 3. The van der Waals surface area contributed by atoms with E-state index in [9.17, 15) is 4.79 Å². The quantitative estimate of drug-likeness (QED) is 0.569. The van der Waals surface area contributed by atoms with Crippen molar-refractivity contribution < 1.29 is 4.79 Å². The maximum absolute atomic E-state index is 12.3. The molecule has 5 heteroatoms. The average molecular weight is 361 g/mol. The van der Waals surface area contributed by atoms with Crippen LogP contribution in [0.1, 0.15) is 15.9 Å². The van der Waals surface area contributed by atoms with Gasteiger partial charge in [0, 0.05) is 22.6 Å². The van der Waals surface area contributed by atoms with Crippen molar-refractivity contribution in [1.82, 2.24) is 0 Å². The molecule has 130 valence electrons. The highest BCUT2D eigenvalue weighted by atomic mass is 32.1. The topological polar surface area (TPSA) is 53.2 Å². The molecule has 0 bridgehead atoms. The van der Waals surface area contributed by atoms with E-state index in [0.717, 1.165) is 22.6 Å². The number of hydrogen-bond acceptors (Lipinski definition) is 2. The number of benzene rings is 3. The molecular weight excluding hydrogens is 342 g/mol. The molecule has 0 radical (unpaired) electrons. The zero-order valence-corrected chi connectivity index (χ0v) is 15.1. The number of anilines is 3. The summed E-state index contributed by atoms with van der Waals surface area (Å²) in [5.74, 6) is -0.129. The maximum Gasteiger partial charge on any atom is 0.255 e. The molecule has 3 aromatic rings. The summed E-state index contributed by atoms with van der Waals surface area (Å²) in [7, 11) is 0. The molecule has 0 spiro atoms. The molecule has 1 amide bonds. The van der Waals surface area contributed by atoms with Gasteiger partial charge in [-0.2, -0.15) is 0 Å². The summed E-state index contributed by atoms with van der Waals surface area (Å²) in [5, 5.41) is 9.72. The number of rotatable bonds is 4. The van der Waals surface area contributed by atoms with Gasteiger partial charge in [0.25, 0.3) is 5.91 Å². The molecule has 0 unspecified atom stereocenters. The van der Waals surface area contributed by atoms with Gasteiger partial charge >= 0.3 is 0 Å². The second-order valence-electron chi connectivity index (χ2n) is 5.79. The lowest BCUT2D eigenvalue weighted by atomic mass is 10.1. The van der Waals surface area contributed by atoms with Crippen LogP contribution in [-0.2, 0) is 0 Å². The van der Waals surface area contributed by atoms with E-state index in [1.807, 2.05) is 73.7 Å². The number of nitrogens with one attached hydrogen (secondary N) is 3. The summed E-state index contributed by atoms with van der Waals surface area (Å²) >= 11 is 5.34. The molecule has 0 atom stereocenters. The number of para-hydroxylation sites is 1. The third kappa shape index (κ3) is 4.68. The molecular formula is C21H19N3OS. The number of aryl methyl sites for hydroxylation is 1. The largest absolute Gasteiger partial charge is 0.332 e. The lowest BCUT2D eigenvalue weighted by Crippen LogP contribution is -2.19. The fourth-order valence-corrected chi connectivity index (χ4v) is 2.72. The fraction of sp³-hybridized carbons (Fsp3) is 0.0476. The van der Waals surface area contributed by atoms with Crippen molar-refractivity contribution in [3.05, 3.63) is 90.0 Å². The van der Waals surface area contributed by atoms with Crippen LogP contribution >= 0.6 is 12.2 Å². The molecule has 0 fully saturated rings. The predicted octanol–water partition coefficient (Wildman–Crippen LogP) is 5.06. The summed E-state index contributed by atoms with van der Waals surface area (Å²) in [5.41, 5.74) is 4.12. The first kappa shape index (κ1) is 17.6. The zero-order chi connectivity index (χ0) is 18.4. The highest BCUT2D eigenvalue weighted by Crippen LogP contribution is 2.21. The molecule has 3 aromatic carbocycles. The van der Waals surface area contributed by atoms with Crippen LogP contribution < -0.4 is 16.0 Å². The van der Waals surface area contributed by atoms with Crippen molar-refractivity contribution in [2.24, 2.45) is 0 Å². The lowest BCUT2D eigenvalue weighted by Gasteiger charge is -2.13. The molecule has 0 aliphatic carbocycles. The Balaban J connectivity index is 1.64. The van der Waals surface area contributed by atoms with Crippen molar-refractivity contribution in [3.8, 4) is 0 Å². The fourth-order valence-electron chi connectivity index (χ4n) is 2.48. The number of carbonyl (C=O) groups is 1. The van der Waals surface area contributed by atoms with E-state index < -0.39 is 0 Å². The van der Waals surface area contributed by atoms with Crippen LogP contribution in [0.2, 0.25) is 0 Å². The molecule has 0 saturated carbocycles. The molecule has 0 heterocycles. The highest BCUT2D eigenvalue weighted by molar-refractivity contribution is 7.80. The van der Waals surface area contributed by atoms with Crippen LogP contribution in [-0.4, -0.2) is 11.0 Å². The first-order valence-electron chi connectivity index (χ1n) is 8.22. The monoisotopic (exact) mass is 361 g/mol. The van der Waals surface area contributed by atoms with Crippen molar-refractivity contribution in [2.45, 2.75) is 6.92 Å². The van der Waals surface area contributed by atoms with Gasteiger partial charge in [-0.05, 0) is 67.2 Å². The smallest absolute Gasteiger partial charge is 0.255 e. The van der Waals surface area contributed by atoms with Crippen LogP contribution in [0.25, 0.3) is 0 Å². The zero-order valence-electron chi connectivity index (χ0n) is 14.3. The molecule has 4 nitrogen and oxygen atoms in total. The van der Waals surface area contributed by atoms with Crippen LogP contribution in [0.15, 0.2) is 78.9 Å². The average Bonchev–Trinajstić information content (AvgIpc) is 2.65. The van der Waals surface area contributed by atoms with Crippen molar-refractivity contribution in [2.75, 3.05) is 16.0 Å². The third-order valence-corrected chi connectivity index (χ3v) is 4.00. The minimum absolute atomic E-state index is 0.129. The molecule has 26 heavy (non-hydrogen) atoms. The lowest BCUT2D eigenvalue weighted by molar-refractivity contribution is 0.102. The van der Waals surface area contributed by atoms with Crippen LogP contribution in [0.5, 0.6) is 0 Å². The van der Waals surface area contributed by atoms with E-state index in [1.165, 1.54) is 0 Å². The molecule has 3 N–H and O–H groups in total. The van der Waals surface area contributed by atoms with Gasteiger partial charge in [-0.15, -0.1) is 0 Å². The van der Waals surface area contributed by atoms with Gasteiger partial charge in [0.15, 0.2) is 5.11 Å². The number of amides is 1. The van der Waals surface area contributed by atoms with Crippen molar-refractivity contribution >= 4 is 40.3 Å². The Morgan fingerprint density at radius 1 is 0.769 bits per heavy atom. The predicted molar refractivity (Wildman–Crippen MR) is 112 cm³/mol. The first-order chi connectivity index (χ1) is 12.6. The van der Waals surface area contributed by atoms with E-state index in [0.29, 0.717) is 10.7 Å². The Bertz CT molecular complexity index is 911. The first-order valence-corrected chi connectivity index (χ1v) is 8.63. The van der Waals surface area contributed by atoms with Gasteiger partial charge in [0.2, 0.25) is 0 Å². The standard InChI is InChI=1S/C21H19N3OS/c1-15-14-18(23-21(26)22-17-10-6-3-7-11-17)12-13-19(15)24-20(25)16-8-4-2-5-9-16/h2-14H,1H3,(H,24,25)(H2,22,23,26). The van der Waals surface area contributed by atoms with Gasteiger partial charge in [-0.3, -0.25) is 4.79 Å². The second-order valence-corrected chi connectivity index (χ2v) is 6.20. The SMILES string of the molecule is Cc1cc(NC(=S)Nc2ccccc2)ccc1NC(=O)c1ccccc1. The Kier molecular flexibility index (Phi) is 5.61. The Morgan fingerprint density at radius 3 is 2.04 bits per heavy atom. The highest BCUT2D eigenvalue weighted by Gasteiger charge is 2.08. The van der Waals surface area contributed by atoms with E-state index in [4.69, 9.17) is 12.2 Å². The second kappa shape index (κ2) is 8.27. The van der Waals surface area contributed by atoms with Gasteiger partial charge in [0.05, 0.1) is 0 Å². The Labute approximate surface area is 158 Å². The van der Waals surface area contributed by atoms with E-state index >= 15 is 0 Å². The normalized spacial score (nSPS) is 10.0. The Hall–Kier alpha value is -3.18. The van der Waals surface area contributed by atoms with Gasteiger partial charge in [0.1, 0.15) is 0 Å². The molecule has 0 aromatic heterocycles. The summed E-state index contributed by atoms with van der Waals surface area (Å²) in [6, 6.07) is 24.6. The molecule has 0 saturated heterocycles. The summed E-state index contributed by atoms with van der Waals surface area (Å²) in [4.78, 5) is 12.3. The van der Waals surface area contributed by atoms with Gasteiger partial charge in [-0.1, -0.05) is 36.4 Å². The van der Waals surface area contributed by atoms with Crippen LogP contribution in [0.4, 0.5) is 17.1 Å². The minimum atomic E-state index is -0.129. The Morgan fingerprint density at radius 2 is 1.38 bits per heavy atom. The van der Waals surface area contributed by atoms with E-state index in [-0.39, 0.29) is 5.91 Å². The van der Waals surface area contributed by atoms with Crippen molar-refractivity contribution in [3.63, 3.8) is 0 Å². The van der Waals surface area contributed by atoms with E-state index in [2.05, 4.69) is 16.0 Å². The summed E-state index contributed by atoms with van der Waals surface area (Å²) in [6.07, 6.45) is 0. The van der Waals surface area contributed by atoms with Gasteiger partial charge in [-0.25, -0.2) is 0 Å². The molecule has 3 rings (SSSR count). The molecule has 0 aliphatic heterocycles. The van der Waals surface area contributed by atoms with Gasteiger partial charge < -0.3 is 16.0 Å². The number of carbonyl (C=O) groups excluding carboxylic acids is 1. The summed E-state index contributed by atoms with van der Waals surface area (Å²) in [6.45, 7) is 1.94. The van der Waals surface area contributed by atoms with E-state index in [1.54, 1.807) is 12.1 Å². The summed E-state index contributed by atoms with van der Waals surface area (Å²) < 4.78 is 0. The van der Waals surface area contributed by atoms with Crippen LogP contribution in [0.3, 0.4) is 0 Å². The molecule has 0 aliphatic rings. The maximum atomic E-state index is 12.3. The number of thiocarbonyl (C=S) groups is 1.